The predicted molar refractivity (Wildman–Crippen MR) is 128 cm³/mol. The molecule has 4 rings (SSSR count). The minimum Gasteiger partial charge on any atom is -0.497 e. The fourth-order valence-electron chi connectivity index (χ4n) is 4.36. The maximum absolute atomic E-state index is 12.7. The van der Waals surface area contributed by atoms with Crippen LogP contribution in [0.2, 0.25) is 0 Å². The summed E-state index contributed by atoms with van der Waals surface area (Å²) in [6.45, 7) is 5.55. The lowest BCUT2D eigenvalue weighted by Gasteiger charge is -2.32. The van der Waals surface area contributed by atoms with E-state index < -0.39 is 5.69 Å². The number of likely N-dealkylation sites (tertiary alicyclic amines) is 1. The van der Waals surface area contributed by atoms with E-state index in [4.69, 9.17) is 4.74 Å². The molecule has 1 fully saturated rings. The van der Waals surface area contributed by atoms with Gasteiger partial charge in [0.1, 0.15) is 5.75 Å². The van der Waals surface area contributed by atoms with Crippen molar-refractivity contribution in [2.24, 2.45) is 5.92 Å². The highest BCUT2D eigenvalue weighted by Gasteiger charge is 2.20. The second-order valence-corrected chi connectivity index (χ2v) is 8.52. The molecule has 1 amide bonds. The average Bonchev–Trinajstić information content (AvgIpc) is 2.84. The van der Waals surface area contributed by atoms with Crippen molar-refractivity contribution in [1.29, 1.82) is 0 Å². The third-order valence-electron chi connectivity index (χ3n) is 6.38. The lowest BCUT2D eigenvalue weighted by Crippen LogP contribution is -2.38. The molecule has 0 saturated carbocycles. The molecule has 0 unspecified atom stereocenters. The molecule has 2 heterocycles. The molecule has 0 bridgehead atoms. The summed E-state index contributed by atoms with van der Waals surface area (Å²) in [6.07, 6.45) is 2.05. The molecule has 8 heteroatoms. The normalized spacial score (nSPS) is 15.0. The van der Waals surface area contributed by atoms with Gasteiger partial charge in [-0.3, -0.25) is 19.1 Å². The van der Waals surface area contributed by atoms with E-state index in [2.05, 4.69) is 27.3 Å². The van der Waals surface area contributed by atoms with E-state index in [1.807, 2.05) is 12.1 Å². The van der Waals surface area contributed by atoms with Crippen LogP contribution in [-0.4, -0.2) is 47.1 Å². The van der Waals surface area contributed by atoms with Gasteiger partial charge in [0.15, 0.2) is 0 Å². The number of rotatable bonds is 7. The third kappa shape index (κ3) is 5.17. The van der Waals surface area contributed by atoms with Crippen molar-refractivity contribution in [2.45, 2.75) is 32.9 Å². The van der Waals surface area contributed by atoms with Crippen LogP contribution in [0.3, 0.4) is 0 Å². The standard InChI is InChI=1S/C25H30N4O4/c1-3-29-24(31)21-9-6-19(14-22(21)27-25(29)32)23(30)26-15-17-10-12-28(13-11-17)16-18-4-7-20(33-2)8-5-18/h4-9,14,17H,3,10-13,15-16H2,1-2H3,(H,26,30)(H,27,32). The van der Waals surface area contributed by atoms with Crippen molar-refractivity contribution in [3.05, 3.63) is 74.4 Å². The molecule has 33 heavy (non-hydrogen) atoms. The van der Waals surface area contributed by atoms with Crippen LogP contribution in [-0.2, 0) is 13.1 Å². The van der Waals surface area contributed by atoms with Crippen molar-refractivity contribution in [3.63, 3.8) is 0 Å². The van der Waals surface area contributed by atoms with Gasteiger partial charge in [0.2, 0.25) is 0 Å². The summed E-state index contributed by atoms with van der Waals surface area (Å²) in [5.41, 5.74) is 1.28. The van der Waals surface area contributed by atoms with Crippen molar-refractivity contribution in [2.75, 3.05) is 26.7 Å². The zero-order valence-electron chi connectivity index (χ0n) is 19.1. The second kappa shape index (κ2) is 10.0. The summed E-state index contributed by atoms with van der Waals surface area (Å²) in [5.74, 6) is 1.10. The van der Waals surface area contributed by atoms with E-state index >= 15 is 0 Å². The number of aromatic nitrogens is 2. The lowest BCUT2D eigenvalue weighted by atomic mass is 9.96. The molecule has 174 valence electrons. The highest BCUT2D eigenvalue weighted by atomic mass is 16.5. The van der Waals surface area contributed by atoms with Gasteiger partial charge in [-0.15, -0.1) is 0 Å². The Kier molecular flexibility index (Phi) is 6.93. The summed E-state index contributed by atoms with van der Waals surface area (Å²) >= 11 is 0. The number of benzene rings is 2. The number of nitrogens with zero attached hydrogens (tertiary/aromatic N) is 2. The van der Waals surface area contributed by atoms with Crippen LogP contribution in [0.4, 0.5) is 0 Å². The molecule has 8 nitrogen and oxygen atoms in total. The Balaban J connectivity index is 1.30. The van der Waals surface area contributed by atoms with Crippen LogP contribution in [0.5, 0.6) is 5.75 Å². The number of methoxy groups -OCH3 is 1. The van der Waals surface area contributed by atoms with E-state index in [9.17, 15) is 14.4 Å². The number of fused-ring (bicyclic) bond motifs is 1. The molecule has 3 aromatic rings. The second-order valence-electron chi connectivity index (χ2n) is 8.52. The van der Waals surface area contributed by atoms with Gasteiger partial charge in [0.25, 0.3) is 11.5 Å². The van der Waals surface area contributed by atoms with E-state index in [0.717, 1.165) is 42.8 Å². The Bertz CT molecular complexity index is 1240. The fraction of sp³-hybridized carbons (Fsp3) is 0.400. The van der Waals surface area contributed by atoms with Crippen molar-refractivity contribution in [3.8, 4) is 5.75 Å². The Labute approximate surface area is 192 Å². The average molecular weight is 451 g/mol. The molecule has 2 N–H and O–H groups in total. The number of aromatic amines is 1. The molecule has 2 aromatic carbocycles. The highest BCUT2D eigenvalue weighted by molar-refractivity contribution is 5.97. The SMILES string of the molecule is CCn1c(=O)[nH]c2cc(C(=O)NCC3CCN(Cc4ccc(OC)cc4)CC3)ccc2c1=O. The number of amides is 1. The van der Waals surface area contributed by atoms with Crippen LogP contribution < -0.4 is 21.3 Å². The maximum atomic E-state index is 12.7. The molecule has 1 aliphatic heterocycles. The third-order valence-corrected chi connectivity index (χ3v) is 6.38. The minimum atomic E-state index is -0.464. The zero-order chi connectivity index (χ0) is 23.4. The Morgan fingerprint density at radius 1 is 1.12 bits per heavy atom. The summed E-state index contributed by atoms with van der Waals surface area (Å²) < 4.78 is 6.36. The molecule has 1 aromatic heterocycles. The van der Waals surface area contributed by atoms with Gasteiger partial charge in [0.05, 0.1) is 18.0 Å². The smallest absolute Gasteiger partial charge is 0.328 e. The quantitative estimate of drug-likeness (QED) is 0.576. The Morgan fingerprint density at radius 2 is 1.85 bits per heavy atom. The lowest BCUT2D eigenvalue weighted by molar-refractivity contribution is 0.0935. The first-order valence-corrected chi connectivity index (χ1v) is 11.4. The number of carbonyl (C=O) groups excluding carboxylic acids is 1. The topological polar surface area (TPSA) is 96.4 Å². The van der Waals surface area contributed by atoms with Gasteiger partial charge in [-0.2, -0.15) is 0 Å². The van der Waals surface area contributed by atoms with Gasteiger partial charge in [-0.25, -0.2) is 4.79 Å². The molecular weight excluding hydrogens is 420 g/mol. The van der Waals surface area contributed by atoms with Crippen LogP contribution in [0, 0.1) is 5.92 Å². The number of hydrogen-bond donors (Lipinski definition) is 2. The molecule has 0 atom stereocenters. The number of ether oxygens (including phenoxy) is 1. The van der Waals surface area contributed by atoms with Gasteiger partial charge < -0.3 is 15.0 Å². The summed E-state index contributed by atoms with van der Waals surface area (Å²) in [5, 5.41) is 3.42. The fourth-order valence-corrected chi connectivity index (χ4v) is 4.36. The minimum absolute atomic E-state index is 0.196. The largest absolute Gasteiger partial charge is 0.497 e. The van der Waals surface area contributed by atoms with E-state index in [0.29, 0.717) is 35.5 Å². The summed E-state index contributed by atoms with van der Waals surface area (Å²) in [7, 11) is 1.67. The molecular formula is C25H30N4O4. The number of nitrogens with one attached hydrogen (secondary N) is 2. The summed E-state index contributed by atoms with van der Waals surface area (Å²) in [4.78, 5) is 42.3. The number of piperidine rings is 1. The monoisotopic (exact) mass is 450 g/mol. The van der Waals surface area contributed by atoms with Crippen molar-refractivity contribution in [1.82, 2.24) is 19.8 Å². The first-order valence-electron chi connectivity index (χ1n) is 11.4. The first kappa shape index (κ1) is 22.8. The van der Waals surface area contributed by atoms with E-state index in [1.54, 1.807) is 32.2 Å². The first-order chi connectivity index (χ1) is 16.0. The van der Waals surface area contributed by atoms with Crippen molar-refractivity contribution >= 4 is 16.8 Å². The number of carbonyl (C=O) groups is 1. The van der Waals surface area contributed by atoms with Gasteiger partial charge in [-0.05, 0) is 74.7 Å². The molecule has 0 spiro atoms. The number of hydrogen-bond acceptors (Lipinski definition) is 5. The van der Waals surface area contributed by atoms with Crippen LogP contribution >= 0.6 is 0 Å². The van der Waals surface area contributed by atoms with Crippen LogP contribution in [0.25, 0.3) is 10.9 Å². The molecule has 0 aliphatic carbocycles. The van der Waals surface area contributed by atoms with Crippen molar-refractivity contribution < 1.29 is 9.53 Å². The van der Waals surface area contributed by atoms with Gasteiger partial charge in [-0.1, -0.05) is 12.1 Å². The number of H-pyrrole nitrogens is 1. The predicted octanol–water partition coefficient (Wildman–Crippen LogP) is 2.36. The van der Waals surface area contributed by atoms with Gasteiger partial charge in [0, 0.05) is 25.2 Å². The van der Waals surface area contributed by atoms with E-state index in [-0.39, 0.29) is 11.5 Å². The Hall–Kier alpha value is -3.39. The molecule has 0 radical (unpaired) electrons. The van der Waals surface area contributed by atoms with E-state index in [1.165, 1.54) is 5.56 Å². The maximum Gasteiger partial charge on any atom is 0.328 e. The van der Waals surface area contributed by atoms with Gasteiger partial charge >= 0.3 is 5.69 Å². The van der Waals surface area contributed by atoms with Crippen LogP contribution in [0.1, 0.15) is 35.7 Å². The molecule has 1 aliphatic rings. The highest BCUT2D eigenvalue weighted by Crippen LogP contribution is 2.20. The Morgan fingerprint density at radius 3 is 2.52 bits per heavy atom. The zero-order valence-corrected chi connectivity index (χ0v) is 19.1. The van der Waals surface area contributed by atoms with Crippen LogP contribution in [0.15, 0.2) is 52.1 Å². The molecule has 1 saturated heterocycles. The summed E-state index contributed by atoms with van der Waals surface area (Å²) in [6, 6.07) is 13.0.